The number of carboxylic acid groups (broad SMARTS) is 1. The van der Waals surface area contributed by atoms with Crippen molar-refractivity contribution in [1.82, 2.24) is 4.90 Å². The molecule has 0 aliphatic heterocycles. The molecule has 0 heterocycles. The normalized spacial score (nSPS) is 12.5. The Morgan fingerprint density at radius 1 is 1.19 bits per heavy atom. The number of hydrogen-bond donors (Lipinski definition) is 1. The highest BCUT2D eigenvalue weighted by Gasteiger charge is 2.17. The van der Waals surface area contributed by atoms with Crippen LogP contribution in [-0.2, 0) is 4.79 Å². The summed E-state index contributed by atoms with van der Waals surface area (Å²) in [5, 5.41) is 9.16. The molecule has 0 saturated heterocycles. The molecule has 0 fully saturated rings. The monoisotopic (exact) mass is 292 g/mol. The van der Waals surface area contributed by atoms with Crippen molar-refractivity contribution in [2.24, 2.45) is 5.92 Å². The summed E-state index contributed by atoms with van der Waals surface area (Å²) >= 11 is 0. The second kappa shape index (κ2) is 8.03. The maximum atomic E-state index is 11.1. The van der Waals surface area contributed by atoms with E-state index in [1.165, 1.54) is 11.1 Å². The number of aryl methyl sites for hydroxylation is 2. The molecule has 1 aromatic carbocycles. The van der Waals surface area contributed by atoms with Crippen LogP contribution in [0.5, 0.6) is 0 Å². The van der Waals surface area contributed by atoms with Crippen molar-refractivity contribution in [1.29, 1.82) is 0 Å². The summed E-state index contributed by atoms with van der Waals surface area (Å²) in [4.78, 5) is 15.5. The minimum Gasteiger partial charge on any atom is -0.481 e. The molecule has 1 unspecified atom stereocenters. The lowest BCUT2D eigenvalue weighted by molar-refractivity contribution is -0.140. The predicted molar refractivity (Wildman–Crippen MR) is 88.1 cm³/mol. The van der Waals surface area contributed by atoms with E-state index in [1.54, 1.807) is 6.92 Å². The van der Waals surface area contributed by atoms with Gasteiger partial charge >= 0.3 is 5.97 Å². The van der Waals surface area contributed by atoms with Crippen molar-refractivity contribution < 1.29 is 9.90 Å². The molecule has 0 aromatic heterocycles. The van der Waals surface area contributed by atoms with Crippen LogP contribution < -0.4 is 4.90 Å². The minimum atomic E-state index is -0.739. The Morgan fingerprint density at radius 3 is 2.38 bits per heavy atom. The topological polar surface area (TPSA) is 43.8 Å². The molecule has 4 nitrogen and oxygen atoms in total. The highest BCUT2D eigenvalue weighted by atomic mass is 16.4. The van der Waals surface area contributed by atoms with Gasteiger partial charge in [0.2, 0.25) is 0 Å². The van der Waals surface area contributed by atoms with Crippen LogP contribution in [0.3, 0.4) is 0 Å². The van der Waals surface area contributed by atoms with Gasteiger partial charge in [-0.2, -0.15) is 0 Å². The summed E-state index contributed by atoms with van der Waals surface area (Å²) < 4.78 is 0. The zero-order valence-corrected chi connectivity index (χ0v) is 13.9. The van der Waals surface area contributed by atoms with Gasteiger partial charge in [-0.25, -0.2) is 0 Å². The standard InChI is InChI=1S/C17H28N2O2/c1-13-7-8-16(11-14(13)2)19(10-6-9-18(4)5)12-15(3)17(20)21/h7-8,11,15H,6,9-10,12H2,1-5H3,(H,20,21). The summed E-state index contributed by atoms with van der Waals surface area (Å²) in [6.07, 6.45) is 1.02. The van der Waals surface area contributed by atoms with Crippen molar-refractivity contribution in [3.63, 3.8) is 0 Å². The van der Waals surface area contributed by atoms with E-state index in [0.29, 0.717) is 6.54 Å². The Bertz CT molecular complexity index is 472. The second-order valence-electron chi connectivity index (χ2n) is 6.11. The van der Waals surface area contributed by atoms with E-state index in [4.69, 9.17) is 5.11 Å². The van der Waals surface area contributed by atoms with Gasteiger partial charge < -0.3 is 14.9 Å². The highest BCUT2D eigenvalue weighted by molar-refractivity contribution is 5.70. The number of aliphatic carboxylic acids is 1. The molecule has 0 saturated carbocycles. The van der Waals surface area contributed by atoms with E-state index < -0.39 is 5.97 Å². The van der Waals surface area contributed by atoms with Crippen molar-refractivity contribution in [2.75, 3.05) is 38.6 Å². The average molecular weight is 292 g/mol. The Hall–Kier alpha value is -1.55. The number of anilines is 1. The summed E-state index contributed by atoms with van der Waals surface area (Å²) in [7, 11) is 4.11. The summed E-state index contributed by atoms with van der Waals surface area (Å²) in [6.45, 7) is 8.38. The van der Waals surface area contributed by atoms with Gasteiger partial charge in [-0.1, -0.05) is 13.0 Å². The molecule has 118 valence electrons. The lowest BCUT2D eigenvalue weighted by Gasteiger charge is -2.28. The predicted octanol–water partition coefficient (Wildman–Crippen LogP) is 2.78. The van der Waals surface area contributed by atoms with E-state index in [0.717, 1.165) is 25.2 Å². The molecule has 0 bridgehead atoms. The summed E-state index contributed by atoms with van der Waals surface area (Å²) in [6, 6.07) is 6.35. The maximum Gasteiger partial charge on any atom is 0.308 e. The first kappa shape index (κ1) is 17.5. The van der Waals surface area contributed by atoms with Crippen LogP contribution in [0, 0.1) is 19.8 Å². The number of hydrogen-bond acceptors (Lipinski definition) is 3. The maximum absolute atomic E-state index is 11.1. The zero-order valence-electron chi connectivity index (χ0n) is 13.9. The van der Waals surface area contributed by atoms with Gasteiger partial charge in [-0.15, -0.1) is 0 Å². The first-order valence-corrected chi connectivity index (χ1v) is 7.51. The molecule has 1 N–H and O–H groups in total. The van der Waals surface area contributed by atoms with Crippen molar-refractivity contribution in [3.05, 3.63) is 29.3 Å². The number of rotatable bonds is 8. The van der Waals surface area contributed by atoms with Crippen molar-refractivity contribution in [2.45, 2.75) is 27.2 Å². The molecule has 4 heteroatoms. The SMILES string of the molecule is Cc1ccc(N(CCCN(C)C)CC(C)C(=O)O)cc1C. The van der Waals surface area contributed by atoms with Crippen LogP contribution in [0.25, 0.3) is 0 Å². The van der Waals surface area contributed by atoms with Gasteiger partial charge in [0.1, 0.15) is 0 Å². The van der Waals surface area contributed by atoms with Crippen LogP contribution in [0.15, 0.2) is 18.2 Å². The van der Waals surface area contributed by atoms with E-state index in [2.05, 4.69) is 55.9 Å². The molecule has 1 aromatic rings. The van der Waals surface area contributed by atoms with Crippen molar-refractivity contribution in [3.8, 4) is 0 Å². The Morgan fingerprint density at radius 2 is 1.86 bits per heavy atom. The van der Waals surface area contributed by atoms with E-state index in [1.807, 2.05) is 0 Å². The van der Waals surface area contributed by atoms with Gasteiger partial charge in [-0.3, -0.25) is 4.79 Å². The van der Waals surface area contributed by atoms with Gasteiger partial charge in [0.05, 0.1) is 5.92 Å². The molecule has 0 amide bonds. The fourth-order valence-electron chi connectivity index (χ4n) is 2.23. The average Bonchev–Trinajstić information content (AvgIpc) is 2.40. The molecule has 0 aliphatic carbocycles. The third-order valence-corrected chi connectivity index (χ3v) is 3.80. The molecule has 1 rings (SSSR count). The van der Waals surface area contributed by atoms with Gasteiger partial charge in [0, 0.05) is 18.8 Å². The smallest absolute Gasteiger partial charge is 0.308 e. The molecular weight excluding hydrogens is 264 g/mol. The Labute approximate surface area is 128 Å². The zero-order chi connectivity index (χ0) is 16.0. The third-order valence-electron chi connectivity index (χ3n) is 3.80. The second-order valence-corrected chi connectivity index (χ2v) is 6.11. The molecule has 21 heavy (non-hydrogen) atoms. The van der Waals surface area contributed by atoms with E-state index in [9.17, 15) is 4.79 Å². The van der Waals surface area contributed by atoms with E-state index in [-0.39, 0.29) is 5.92 Å². The van der Waals surface area contributed by atoms with Crippen LogP contribution in [0.1, 0.15) is 24.5 Å². The van der Waals surface area contributed by atoms with Gasteiger partial charge in [-0.05, 0) is 64.2 Å². The molecule has 0 spiro atoms. The molecule has 0 aliphatic rings. The Balaban J connectivity index is 2.83. The largest absolute Gasteiger partial charge is 0.481 e. The number of carboxylic acids is 1. The van der Waals surface area contributed by atoms with Crippen LogP contribution in [0.4, 0.5) is 5.69 Å². The minimum absolute atomic E-state index is 0.369. The molecule has 0 radical (unpaired) electrons. The first-order chi connectivity index (χ1) is 9.81. The number of carbonyl (C=O) groups is 1. The lowest BCUT2D eigenvalue weighted by Crippen LogP contribution is -2.34. The fourth-order valence-corrected chi connectivity index (χ4v) is 2.23. The first-order valence-electron chi connectivity index (χ1n) is 7.51. The van der Waals surface area contributed by atoms with Crippen LogP contribution >= 0.6 is 0 Å². The van der Waals surface area contributed by atoms with Crippen molar-refractivity contribution >= 4 is 11.7 Å². The van der Waals surface area contributed by atoms with Gasteiger partial charge in [0.25, 0.3) is 0 Å². The Kier molecular flexibility index (Phi) is 6.69. The molecular formula is C17H28N2O2. The third kappa shape index (κ3) is 5.76. The van der Waals surface area contributed by atoms with Crippen LogP contribution in [-0.4, -0.2) is 49.7 Å². The van der Waals surface area contributed by atoms with Crippen LogP contribution in [0.2, 0.25) is 0 Å². The number of benzene rings is 1. The lowest BCUT2D eigenvalue weighted by atomic mass is 10.1. The van der Waals surface area contributed by atoms with Gasteiger partial charge in [0.15, 0.2) is 0 Å². The summed E-state index contributed by atoms with van der Waals surface area (Å²) in [5.74, 6) is -1.11. The fraction of sp³-hybridized carbons (Fsp3) is 0.588. The molecule has 1 atom stereocenters. The highest BCUT2D eigenvalue weighted by Crippen LogP contribution is 2.20. The number of nitrogens with zero attached hydrogens (tertiary/aromatic N) is 2. The summed E-state index contributed by atoms with van der Waals surface area (Å²) in [5.41, 5.74) is 3.62. The quantitative estimate of drug-likeness (QED) is 0.800. The van der Waals surface area contributed by atoms with E-state index >= 15 is 0 Å².